The van der Waals surface area contributed by atoms with Crippen LogP contribution in [0.4, 0.5) is 0 Å². The third-order valence-corrected chi connectivity index (χ3v) is 5.02. The van der Waals surface area contributed by atoms with Crippen LogP contribution < -0.4 is 19.5 Å². The van der Waals surface area contributed by atoms with Crippen molar-refractivity contribution in [2.24, 2.45) is 0 Å². The molecule has 10 heteroatoms. The maximum atomic E-state index is 12.0. The van der Waals surface area contributed by atoms with Crippen molar-refractivity contribution in [2.75, 3.05) is 26.9 Å². The fourth-order valence-corrected chi connectivity index (χ4v) is 3.28. The van der Waals surface area contributed by atoms with E-state index in [4.69, 9.17) is 25.8 Å². The van der Waals surface area contributed by atoms with Crippen molar-refractivity contribution in [1.29, 1.82) is 0 Å². The van der Waals surface area contributed by atoms with Gasteiger partial charge in [0.2, 0.25) is 5.88 Å². The van der Waals surface area contributed by atoms with Crippen LogP contribution in [0.1, 0.15) is 5.56 Å². The highest BCUT2D eigenvalue weighted by Gasteiger charge is 2.14. The van der Waals surface area contributed by atoms with Gasteiger partial charge in [0, 0.05) is 6.07 Å². The summed E-state index contributed by atoms with van der Waals surface area (Å²) in [6.45, 7) is 2.29. The zero-order valence-electron chi connectivity index (χ0n) is 18.1. The van der Waals surface area contributed by atoms with Crippen molar-refractivity contribution < 1.29 is 19.0 Å². The standard InChI is InChI=1S/C23H22ClN5O4/c1-15-7-8-17(24)19(13-15)33-14-21(30)25-11-12-32-22-10-9-20-26-27-23(29(20)28-22)16-5-3-4-6-18(16)31-2/h3-10,13H,11-12,14H2,1-2H3,(H,25,30). The second-order valence-electron chi connectivity index (χ2n) is 7.09. The van der Waals surface area contributed by atoms with Crippen molar-refractivity contribution in [3.63, 3.8) is 0 Å². The topological polar surface area (TPSA) is 99.9 Å². The Morgan fingerprint density at radius 3 is 2.76 bits per heavy atom. The Bertz CT molecular complexity index is 1280. The molecule has 0 saturated carbocycles. The molecule has 2 heterocycles. The minimum Gasteiger partial charge on any atom is -0.496 e. The highest BCUT2D eigenvalue weighted by Crippen LogP contribution is 2.28. The second kappa shape index (κ2) is 10.2. The number of para-hydroxylation sites is 1. The van der Waals surface area contributed by atoms with E-state index in [-0.39, 0.29) is 25.7 Å². The van der Waals surface area contributed by atoms with E-state index in [1.165, 1.54) is 0 Å². The Balaban J connectivity index is 1.32. The van der Waals surface area contributed by atoms with Gasteiger partial charge in [-0.1, -0.05) is 29.8 Å². The van der Waals surface area contributed by atoms with Crippen molar-refractivity contribution in [3.8, 4) is 28.8 Å². The van der Waals surface area contributed by atoms with E-state index >= 15 is 0 Å². The largest absolute Gasteiger partial charge is 0.496 e. The van der Waals surface area contributed by atoms with Gasteiger partial charge in [-0.15, -0.1) is 15.3 Å². The van der Waals surface area contributed by atoms with Crippen LogP contribution in [-0.2, 0) is 4.79 Å². The quantitative estimate of drug-likeness (QED) is 0.377. The first-order chi connectivity index (χ1) is 16.0. The van der Waals surface area contributed by atoms with Crippen LogP contribution in [0.5, 0.6) is 17.4 Å². The van der Waals surface area contributed by atoms with Crippen LogP contribution in [0.15, 0.2) is 54.6 Å². The maximum Gasteiger partial charge on any atom is 0.258 e. The number of hydrogen-bond donors (Lipinski definition) is 1. The average Bonchev–Trinajstić information content (AvgIpc) is 3.25. The van der Waals surface area contributed by atoms with E-state index in [2.05, 4.69) is 20.6 Å². The fraction of sp³-hybridized carbons (Fsp3) is 0.217. The molecular formula is C23H22ClN5O4. The third kappa shape index (κ3) is 5.32. The molecule has 0 saturated heterocycles. The molecule has 4 aromatic rings. The number of hydrogen-bond acceptors (Lipinski definition) is 7. The van der Waals surface area contributed by atoms with E-state index in [1.807, 2.05) is 37.3 Å². The first-order valence-electron chi connectivity index (χ1n) is 10.2. The summed E-state index contributed by atoms with van der Waals surface area (Å²) >= 11 is 6.07. The highest BCUT2D eigenvalue weighted by atomic mass is 35.5. The highest BCUT2D eigenvalue weighted by molar-refractivity contribution is 6.32. The number of ether oxygens (including phenoxy) is 3. The molecule has 170 valence electrons. The Morgan fingerprint density at radius 1 is 1.06 bits per heavy atom. The number of rotatable bonds is 9. The molecule has 1 N–H and O–H groups in total. The molecule has 4 rings (SSSR count). The summed E-state index contributed by atoms with van der Waals surface area (Å²) in [6, 6.07) is 16.3. The van der Waals surface area contributed by atoms with Crippen molar-refractivity contribution in [2.45, 2.75) is 6.92 Å². The van der Waals surface area contributed by atoms with Gasteiger partial charge in [0.15, 0.2) is 18.1 Å². The smallest absolute Gasteiger partial charge is 0.258 e. The van der Waals surface area contributed by atoms with Gasteiger partial charge >= 0.3 is 0 Å². The van der Waals surface area contributed by atoms with Gasteiger partial charge in [0.1, 0.15) is 18.1 Å². The van der Waals surface area contributed by atoms with Gasteiger partial charge < -0.3 is 19.5 Å². The number of nitrogens with zero attached hydrogens (tertiary/aromatic N) is 4. The molecule has 0 aliphatic rings. The van der Waals surface area contributed by atoms with Crippen LogP contribution in [0.25, 0.3) is 17.0 Å². The Morgan fingerprint density at radius 2 is 1.91 bits per heavy atom. The van der Waals surface area contributed by atoms with Crippen LogP contribution in [0.3, 0.4) is 0 Å². The first-order valence-corrected chi connectivity index (χ1v) is 10.6. The molecule has 0 bridgehead atoms. The number of halogens is 1. The molecular weight excluding hydrogens is 446 g/mol. The molecule has 0 aliphatic carbocycles. The van der Waals surface area contributed by atoms with E-state index in [9.17, 15) is 4.79 Å². The summed E-state index contributed by atoms with van der Waals surface area (Å²) in [6.07, 6.45) is 0. The van der Waals surface area contributed by atoms with Gasteiger partial charge in [0.05, 0.1) is 24.2 Å². The normalized spacial score (nSPS) is 10.8. The molecule has 33 heavy (non-hydrogen) atoms. The Hall–Kier alpha value is -3.85. The second-order valence-corrected chi connectivity index (χ2v) is 7.49. The van der Waals surface area contributed by atoms with Gasteiger partial charge in [-0.25, -0.2) is 0 Å². The van der Waals surface area contributed by atoms with E-state index in [0.717, 1.165) is 11.1 Å². The van der Waals surface area contributed by atoms with Crippen molar-refractivity contribution in [1.82, 2.24) is 25.1 Å². The molecule has 0 atom stereocenters. The van der Waals surface area contributed by atoms with E-state index in [0.29, 0.717) is 33.9 Å². The van der Waals surface area contributed by atoms with Crippen molar-refractivity contribution >= 4 is 23.2 Å². The number of carbonyl (C=O) groups excluding carboxylic acids is 1. The lowest BCUT2D eigenvalue weighted by molar-refractivity contribution is -0.123. The summed E-state index contributed by atoms with van der Waals surface area (Å²) in [4.78, 5) is 12.0. The van der Waals surface area contributed by atoms with Crippen LogP contribution in [0, 0.1) is 6.92 Å². The predicted molar refractivity (Wildman–Crippen MR) is 123 cm³/mol. The van der Waals surface area contributed by atoms with Crippen LogP contribution in [0.2, 0.25) is 5.02 Å². The van der Waals surface area contributed by atoms with Gasteiger partial charge in [-0.2, -0.15) is 4.52 Å². The molecule has 0 radical (unpaired) electrons. The van der Waals surface area contributed by atoms with Crippen molar-refractivity contribution in [3.05, 3.63) is 65.2 Å². The number of amides is 1. The first kappa shape index (κ1) is 22.3. The van der Waals surface area contributed by atoms with E-state index in [1.54, 1.807) is 35.9 Å². The molecule has 0 unspecified atom stereocenters. The number of aromatic nitrogens is 4. The minimum atomic E-state index is -0.281. The molecule has 0 fully saturated rings. The Labute approximate surface area is 195 Å². The number of carbonyl (C=O) groups is 1. The number of methoxy groups -OCH3 is 1. The third-order valence-electron chi connectivity index (χ3n) is 4.71. The zero-order valence-corrected chi connectivity index (χ0v) is 18.9. The monoisotopic (exact) mass is 467 g/mol. The summed E-state index contributed by atoms with van der Waals surface area (Å²) < 4.78 is 18.2. The molecule has 2 aromatic carbocycles. The summed E-state index contributed by atoms with van der Waals surface area (Å²) in [5, 5.41) is 16.0. The molecule has 1 amide bonds. The predicted octanol–water partition coefficient (Wildman–Crippen LogP) is 3.34. The SMILES string of the molecule is COc1ccccc1-c1nnc2ccc(OCCNC(=O)COc3cc(C)ccc3Cl)nn12. The number of nitrogens with one attached hydrogen (secondary N) is 1. The fourth-order valence-electron chi connectivity index (χ4n) is 3.11. The maximum absolute atomic E-state index is 12.0. The minimum absolute atomic E-state index is 0.143. The summed E-state index contributed by atoms with van der Waals surface area (Å²) in [7, 11) is 1.60. The lowest BCUT2D eigenvalue weighted by Crippen LogP contribution is -2.32. The summed E-state index contributed by atoms with van der Waals surface area (Å²) in [5.74, 6) is 1.76. The van der Waals surface area contributed by atoms with Crippen LogP contribution >= 0.6 is 11.6 Å². The summed E-state index contributed by atoms with van der Waals surface area (Å²) in [5.41, 5.74) is 2.33. The zero-order chi connectivity index (χ0) is 23.2. The molecule has 2 aromatic heterocycles. The lowest BCUT2D eigenvalue weighted by Gasteiger charge is -2.10. The van der Waals surface area contributed by atoms with Crippen LogP contribution in [-0.4, -0.2) is 52.6 Å². The van der Waals surface area contributed by atoms with Gasteiger partial charge in [-0.05, 0) is 42.8 Å². The molecule has 0 aliphatic heterocycles. The number of aryl methyl sites for hydroxylation is 1. The number of fused-ring (bicyclic) bond motifs is 1. The van der Waals surface area contributed by atoms with E-state index < -0.39 is 0 Å². The number of benzene rings is 2. The Kier molecular flexibility index (Phi) is 6.89. The average molecular weight is 468 g/mol. The lowest BCUT2D eigenvalue weighted by atomic mass is 10.2. The van der Waals surface area contributed by atoms with Gasteiger partial charge in [-0.3, -0.25) is 4.79 Å². The molecule has 0 spiro atoms. The van der Waals surface area contributed by atoms with Gasteiger partial charge in [0.25, 0.3) is 5.91 Å². The molecule has 9 nitrogen and oxygen atoms in total.